The zero-order chi connectivity index (χ0) is 18.6. The molecule has 2 aromatic rings. The van der Waals surface area contributed by atoms with Crippen molar-refractivity contribution in [2.75, 3.05) is 49.1 Å². The molecule has 0 bridgehead atoms. The van der Waals surface area contributed by atoms with Crippen LogP contribution < -0.4 is 20.4 Å². The van der Waals surface area contributed by atoms with Gasteiger partial charge in [-0.15, -0.1) is 0 Å². The number of nitrogens with zero attached hydrogens (tertiary/aromatic N) is 2. The first kappa shape index (κ1) is 19.6. The third-order valence-electron chi connectivity index (χ3n) is 4.34. The number of nitrogens with one attached hydrogen (secondary N) is 2. The molecule has 2 rings (SSSR count). The third-order valence-corrected chi connectivity index (χ3v) is 4.34. The summed E-state index contributed by atoms with van der Waals surface area (Å²) in [7, 11) is 0. The second-order valence-electron chi connectivity index (χ2n) is 6.01. The molecule has 0 saturated carbocycles. The summed E-state index contributed by atoms with van der Waals surface area (Å²) in [6, 6.07) is 20.4. The lowest BCUT2D eigenvalue weighted by Crippen LogP contribution is -2.43. The maximum absolute atomic E-state index is 12.0. The number of para-hydroxylation sites is 2. The van der Waals surface area contributed by atoms with E-state index in [1.165, 1.54) is 11.4 Å². The minimum atomic E-state index is -0.113. The van der Waals surface area contributed by atoms with Crippen molar-refractivity contribution in [3.05, 3.63) is 60.7 Å². The van der Waals surface area contributed by atoms with Crippen molar-refractivity contribution in [1.82, 2.24) is 10.6 Å². The quantitative estimate of drug-likeness (QED) is 0.688. The van der Waals surface area contributed by atoms with E-state index in [9.17, 15) is 4.79 Å². The largest absolute Gasteiger partial charge is 0.370 e. The van der Waals surface area contributed by atoms with Crippen LogP contribution in [-0.4, -0.2) is 45.3 Å². The van der Waals surface area contributed by atoms with Crippen LogP contribution in [0.1, 0.15) is 13.8 Å². The number of hydrogen-bond acceptors (Lipinski definition) is 3. The minimum Gasteiger partial charge on any atom is -0.370 e. The Morgan fingerprint density at radius 3 is 1.46 bits per heavy atom. The maximum atomic E-state index is 12.0. The van der Waals surface area contributed by atoms with E-state index in [0.717, 1.165) is 26.2 Å². The number of urea groups is 1. The van der Waals surface area contributed by atoms with Crippen LogP contribution in [0.25, 0.3) is 0 Å². The van der Waals surface area contributed by atoms with Gasteiger partial charge in [0.25, 0.3) is 0 Å². The molecule has 0 heterocycles. The Balaban J connectivity index is 1.67. The van der Waals surface area contributed by atoms with E-state index in [0.29, 0.717) is 13.1 Å². The summed E-state index contributed by atoms with van der Waals surface area (Å²) in [5.41, 5.74) is 2.36. The van der Waals surface area contributed by atoms with E-state index < -0.39 is 0 Å². The summed E-state index contributed by atoms with van der Waals surface area (Å²) in [6.07, 6.45) is 0. The van der Waals surface area contributed by atoms with Crippen LogP contribution in [-0.2, 0) is 0 Å². The van der Waals surface area contributed by atoms with Crippen LogP contribution >= 0.6 is 0 Å². The molecule has 140 valence electrons. The first-order valence-electron chi connectivity index (χ1n) is 9.36. The first-order valence-corrected chi connectivity index (χ1v) is 9.36. The SMILES string of the molecule is CCN(CCNC(=O)NCCN(CC)c1ccccc1)c1ccccc1. The van der Waals surface area contributed by atoms with Crippen molar-refractivity contribution in [2.24, 2.45) is 0 Å². The molecule has 0 aliphatic carbocycles. The fourth-order valence-corrected chi connectivity index (χ4v) is 2.89. The minimum absolute atomic E-state index is 0.113. The van der Waals surface area contributed by atoms with E-state index in [2.05, 4.69) is 58.5 Å². The summed E-state index contributed by atoms with van der Waals surface area (Å²) >= 11 is 0. The van der Waals surface area contributed by atoms with Gasteiger partial charge >= 0.3 is 6.03 Å². The van der Waals surface area contributed by atoms with Crippen LogP contribution in [0.3, 0.4) is 0 Å². The zero-order valence-electron chi connectivity index (χ0n) is 15.8. The Hall–Kier alpha value is -2.69. The van der Waals surface area contributed by atoms with Gasteiger partial charge < -0.3 is 20.4 Å². The number of benzene rings is 2. The Morgan fingerprint density at radius 1 is 0.731 bits per heavy atom. The molecule has 0 atom stereocenters. The fourth-order valence-electron chi connectivity index (χ4n) is 2.89. The van der Waals surface area contributed by atoms with E-state index in [4.69, 9.17) is 0 Å². The van der Waals surface area contributed by atoms with Crippen LogP contribution in [0.4, 0.5) is 16.2 Å². The number of carbonyl (C=O) groups excluding carboxylic acids is 1. The number of amides is 2. The lowest BCUT2D eigenvalue weighted by atomic mass is 10.3. The van der Waals surface area contributed by atoms with Gasteiger partial charge in [-0.1, -0.05) is 36.4 Å². The number of hydrogen-bond donors (Lipinski definition) is 2. The third kappa shape index (κ3) is 6.31. The van der Waals surface area contributed by atoms with Crippen LogP contribution in [0, 0.1) is 0 Å². The molecule has 0 spiro atoms. The number of rotatable bonds is 10. The number of anilines is 2. The number of likely N-dealkylation sites (N-methyl/N-ethyl adjacent to an activating group) is 2. The standard InChI is InChI=1S/C21H30N4O/c1-3-24(19-11-7-5-8-12-19)17-15-22-21(26)23-16-18-25(4-2)20-13-9-6-10-14-20/h5-14H,3-4,15-18H2,1-2H3,(H2,22,23,26). The molecule has 0 aromatic heterocycles. The summed E-state index contributed by atoms with van der Waals surface area (Å²) < 4.78 is 0. The normalized spacial score (nSPS) is 10.2. The topological polar surface area (TPSA) is 47.6 Å². The molecule has 0 saturated heterocycles. The summed E-state index contributed by atoms with van der Waals surface area (Å²) in [5.74, 6) is 0. The van der Waals surface area contributed by atoms with Crippen molar-refractivity contribution in [3.8, 4) is 0 Å². The Kier molecular flexibility index (Phi) is 8.33. The van der Waals surface area contributed by atoms with Gasteiger partial charge in [0.2, 0.25) is 0 Å². The first-order chi connectivity index (χ1) is 12.7. The molecule has 26 heavy (non-hydrogen) atoms. The van der Waals surface area contributed by atoms with Crippen LogP contribution in [0.5, 0.6) is 0 Å². The highest BCUT2D eigenvalue weighted by molar-refractivity contribution is 5.73. The lowest BCUT2D eigenvalue weighted by molar-refractivity contribution is 0.241. The van der Waals surface area contributed by atoms with Gasteiger partial charge in [-0.3, -0.25) is 0 Å². The summed E-state index contributed by atoms with van der Waals surface area (Å²) in [4.78, 5) is 16.5. The highest BCUT2D eigenvalue weighted by Gasteiger charge is 2.06. The molecule has 5 nitrogen and oxygen atoms in total. The van der Waals surface area contributed by atoms with Crippen LogP contribution in [0.15, 0.2) is 60.7 Å². The van der Waals surface area contributed by atoms with Crippen molar-refractivity contribution in [3.63, 3.8) is 0 Å². The molecule has 2 aromatic carbocycles. The molecule has 5 heteroatoms. The summed E-state index contributed by atoms with van der Waals surface area (Å²) in [5, 5.41) is 5.88. The van der Waals surface area contributed by atoms with Gasteiger partial charge in [0, 0.05) is 50.6 Å². The number of carbonyl (C=O) groups is 1. The van der Waals surface area contributed by atoms with Gasteiger partial charge in [0.1, 0.15) is 0 Å². The van der Waals surface area contributed by atoms with Gasteiger partial charge in [0.15, 0.2) is 0 Å². The van der Waals surface area contributed by atoms with Crippen molar-refractivity contribution in [2.45, 2.75) is 13.8 Å². The molecular formula is C21H30N4O. The lowest BCUT2D eigenvalue weighted by Gasteiger charge is -2.24. The molecule has 0 aliphatic heterocycles. The predicted molar refractivity (Wildman–Crippen MR) is 110 cm³/mol. The molecular weight excluding hydrogens is 324 g/mol. The van der Waals surface area contributed by atoms with Crippen LogP contribution in [0.2, 0.25) is 0 Å². The maximum Gasteiger partial charge on any atom is 0.314 e. The molecule has 0 aliphatic rings. The Labute approximate surface area is 157 Å². The second kappa shape index (κ2) is 11.0. The Morgan fingerprint density at radius 2 is 1.12 bits per heavy atom. The smallest absolute Gasteiger partial charge is 0.314 e. The predicted octanol–water partition coefficient (Wildman–Crippen LogP) is 3.34. The van der Waals surface area contributed by atoms with Gasteiger partial charge in [-0.2, -0.15) is 0 Å². The molecule has 0 fully saturated rings. The average Bonchev–Trinajstić information content (AvgIpc) is 2.70. The molecule has 2 N–H and O–H groups in total. The molecule has 0 radical (unpaired) electrons. The molecule has 2 amide bonds. The Bertz CT molecular complexity index is 577. The van der Waals surface area contributed by atoms with Gasteiger partial charge in [-0.05, 0) is 38.1 Å². The summed E-state index contributed by atoms with van der Waals surface area (Å²) in [6.45, 7) is 8.88. The van der Waals surface area contributed by atoms with Crippen molar-refractivity contribution < 1.29 is 4.79 Å². The zero-order valence-corrected chi connectivity index (χ0v) is 15.8. The average molecular weight is 354 g/mol. The van der Waals surface area contributed by atoms with E-state index in [1.54, 1.807) is 0 Å². The highest BCUT2D eigenvalue weighted by Crippen LogP contribution is 2.12. The van der Waals surface area contributed by atoms with Crippen molar-refractivity contribution >= 4 is 17.4 Å². The van der Waals surface area contributed by atoms with E-state index in [1.807, 2.05) is 36.4 Å². The van der Waals surface area contributed by atoms with E-state index in [-0.39, 0.29) is 6.03 Å². The second-order valence-corrected chi connectivity index (χ2v) is 6.01. The van der Waals surface area contributed by atoms with Gasteiger partial charge in [0.05, 0.1) is 0 Å². The monoisotopic (exact) mass is 354 g/mol. The highest BCUT2D eigenvalue weighted by atomic mass is 16.2. The van der Waals surface area contributed by atoms with Gasteiger partial charge in [-0.25, -0.2) is 4.79 Å². The van der Waals surface area contributed by atoms with Crippen molar-refractivity contribution in [1.29, 1.82) is 0 Å². The van der Waals surface area contributed by atoms with E-state index >= 15 is 0 Å². The fraction of sp³-hybridized carbons (Fsp3) is 0.381. The molecule has 0 unspecified atom stereocenters.